The van der Waals surface area contributed by atoms with E-state index >= 15 is 0 Å². The number of unbranched alkanes of at least 4 members (excludes halogenated alkanes) is 4. The molecule has 1 heterocycles. The molecule has 0 atom stereocenters. The van der Waals surface area contributed by atoms with Crippen molar-refractivity contribution in [2.45, 2.75) is 45.6 Å². The molecule has 0 unspecified atom stereocenters. The number of aromatic nitrogens is 2. The number of hydrogen-bond acceptors (Lipinski definition) is 2. The first-order valence-electron chi connectivity index (χ1n) is 5.61. The van der Waals surface area contributed by atoms with E-state index in [0.717, 1.165) is 13.1 Å². The van der Waals surface area contributed by atoms with Crippen LogP contribution in [0.15, 0.2) is 12.5 Å². The summed E-state index contributed by atoms with van der Waals surface area (Å²) in [4.78, 5) is 7.04. The molecule has 0 spiro atoms. The quantitative estimate of drug-likeness (QED) is 0.626. The molecule has 0 bridgehead atoms. The minimum Gasteiger partial charge on any atom is -0.347 e. The number of aromatic amines is 1. The smallest absolute Gasteiger partial charge is 0.0922 e. The third kappa shape index (κ3) is 5.02. The summed E-state index contributed by atoms with van der Waals surface area (Å²) >= 11 is 0. The van der Waals surface area contributed by atoms with Crippen LogP contribution in [0, 0.1) is 0 Å². The van der Waals surface area contributed by atoms with E-state index < -0.39 is 0 Å². The Balaban J connectivity index is 1.85. The SMILES string of the molecule is CCCCCCCNCc1cnc[nH]1. The minimum atomic E-state index is 0.910. The highest BCUT2D eigenvalue weighted by Gasteiger charge is 1.92. The van der Waals surface area contributed by atoms with Gasteiger partial charge < -0.3 is 10.3 Å². The van der Waals surface area contributed by atoms with Crippen LogP contribution in [0.3, 0.4) is 0 Å². The molecule has 0 amide bonds. The van der Waals surface area contributed by atoms with E-state index in [2.05, 4.69) is 22.2 Å². The van der Waals surface area contributed by atoms with Crippen LogP contribution in [0.1, 0.15) is 44.7 Å². The van der Waals surface area contributed by atoms with Crippen molar-refractivity contribution in [1.82, 2.24) is 15.3 Å². The van der Waals surface area contributed by atoms with E-state index in [1.54, 1.807) is 6.33 Å². The molecule has 2 N–H and O–H groups in total. The molecule has 0 aliphatic rings. The summed E-state index contributed by atoms with van der Waals surface area (Å²) in [6, 6.07) is 0. The van der Waals surface area contributed by atoms with Crippen molar-refractivity contribution in [2.24, 2.45) is 0 Å². The number of rotatable bonds is 8. The molecule has 1 aromatic heterocycles. The summed E-state index contributed by atoms with van der Waals surface area (Å²) in [5, 5.41) is 3.39. The van der Waals surface area contributed by atoms with Gasteiger partial charge in [0.2, 0.25) is 0 Å². The maximum atomic E-state index is 3.97. The second-order valence-corrected chi connectivity index (χ2v) is 3.67. The lowest BCUT2D eigenvalue weighted by molar-refractivity contribution is 0.581. The molecule has 3 heteroatoms. The van der Waals surface area contributed by atoms with Gasteiger partial charge in [0.15, 0.2) is 0 Å². The van der Waals surface area contributed by atoms with Gasteiger partial charge in [0.05, 0.1) is 6.33 Å². The summed E-state index contributed by atoms with van der Waals surface area (Å²) in [7, 11) is 0. The highest BCUT2D eigenvalue weighted by atomic mass is 14.9. The fourth-order valence-corrected chi connectivity index (χ4v) is 1.46. The Bertz CT molecular complexity index is 206. The molecule has 80 valence electrons. The van der Waals surface area contributed by atoms with Crippen molar-refractivity contribution in [2.75, 3.05) is 6.54 Å². The predicted octanol–water partition coefficient (Wildman–Crippen LogP) is 2.47. The van der Waals surface area contributed by atoms with Crippen LogP contribution in [0.25, 0.3) is 0 Å². The molecule has 3 nitrogen and oxygen atoms in total. The number of hydrogen-bond donors (Lipinski definition) is 2. The van der Waals surface area contributed by atoms with Gasteiger partial charge in [-0.05, 0) is 13.0 Å². The fraction of sp³-hybridized carbons (Fsp3) is 0.727. The van der Waals surface area contributed by atoms with Crippen molar-refractivity contribution >= 4 is 0 Å². The molecule has 0 aliphatic carbocycles. The van der Waals surface area contributed by atoms with Gasteiger partial charge in [0.25, 0.3) is 0 Å². The Labute approximate surface area is 86.3 Å². The average Bonchev–Trinajstić information content (AvgIpc) is 2.69. The second kappa shape index (κ2) is 7.56. The molecule has 0 saturated carbocycles. The van der Waals surface area contributed by atoms with Crippen molar-refractivity contribution in [3.63, 3.8) is 0 Å². The molecular weight excluding hydrogens is 174 g/mol. The highest BCUT2D eigenvalue weighted by molar-refractivity contribution is 4.92. The zero-order valence-corrected chi connectivity index (χ0v) is 9.05. The van der Waals surface area contributed by atoms with Gasteiger partial charge in [-0.25, -0.2) is 4.98 Å². The van der Waals surface area contributed by atoms with Crippen LogP contribution in [0.2, 0.25) is 0 Å². The van der Waals surface area contributed by atoms with Crippen molar-refractivity contribution < 1.29 is 0 Å². The molecule has 14 heavy (non-hydrogen) atoms. The van der Waals surface area contributed by atoms with Gasteiger partial charge in [0.1, 0.15) is 0 Å². The zero-order chi connectivity index (χ0) is 10.1. The molecule has 0 aliphatic heterocycles. The Kier molecular flexibility index (Phi) is 6.07. The predicted molar refractivity (Wildman–Crippen MR) is 59.1 cm³/mol. The van der Waals surface area contributed by atoms with Gasteiger partial charge in [-0.2, -0.15) is 0 Å². The number of nitrogens with one attached hydrogen (secondary N) is 2. The van der Waals surface area contributed by atoms with E-state index in [1.165, 1.54) is 37.8 Å². The van der Waals surface area contributed by atoms with Gasteiger partial charge in [-0.15, -0.1) is 0 Å². The van der Waals surface area contributed by atoms with Crippen molar-refractivity contribution in [3.8, 4) is 0 Å². The number of imidazole rings is 1. The van der Waals surface area contributed by atoms with Crippen LogP contribution >= 0.6 is 0 Å². The van der Waals surface area contributed by atoms with Crippen molar-refractivity contribution in [3.05, 3.63) is 18.2 Å². The first-order valence-corrected chi connectivity index (χ1v) is 5.61. The lowest BCUT2D eigenvalue weighted by Crippen LogP contribution is -2.14. The van der Waals surface area contributed by atoms with E-state index in [4.69, 9.17) is 0 Å². The first kappa shape index (κ1) is 11.2. The monoisotopic (exact) mass is 195 g/mol. The Hall–Kier alpha value is -0.830. The maximum absolute atomic E-state index is 3.97. The van der Waals surface area contributed by atoms with Crippen LogP contribution < -0.4 is 5.32 Å². The normalized spacial score (nSPS) is 10.6. The average molecular weight is 195 g/mol. The van der Waals surface area contributed by atoms with Gasteiger partial charge in [-0.3, -0.25) is 0 Å². The number of H-pyrrole nitrogens is 1. The van der Waals surface area contributed by atoms with Crippen LogP contribution in [-0.4, -0.2) is 16.5 Å². The molecule has 1 aromatic rings. The third-order valence-electron chi connectivity index (χ3n) is 2.33. The third-order valence-corrected chi connectivity index (χ3v) is 2.33. The summed E-state index contributed by atoms with van der Waals surface area (Å²) in [6.45, 7) is 4.27. The maximum Gasteiger partial charge on any atom is 0.0922 e. The minimum absolute atomic E-state index is 0.910. The van der Waals surface area contributed by atoms with Gasteiger partial charge in [0, 0.05) is 18.4 Å². The summed E-state index contributed by atoms with van der Waals surface area (Å²) in [5.74, 6) is 0. The molecule has 0 radical (unpaired) electrons. The van der Waals surface area contributed by atoms with Crippen LogP contribution in [0.4, 0.5) is 0 Å². The first-order chi connectivity index (χ1) is 6.93. The standard InChI is InChI=1S/C11H21N3/c1-2-3-4-5-6-7-12-8-11-9-13-10-14-11/h9-10,12H,2-8H2,1H3,(H,13,14). The van der Waals surface area contributed by atoms with E-state index in [0.29, 0.717) is 0 Å². The molecular formula is C11H21N3. The summed E-state index contributed by atoms with van der Waals surface area (Å²) in [6.07, 6.45) is 10.3. The molecule has 0 saturated heterocycles. The topological polar surface area (TPSA) is 40.7 Å². The zero-order valence-electron chi connectivity index (χ0n) is 9.05. The second-order valence-electron chi connectivity index (χ2n) is 3.67. The Morgan fingerprint density at radius 1 is 1.29 bits per heavy atom. The van der Waals surface area contributed by atoms with E-state index in [1.807, 2.05) is 6.20 Å². The van der Waals surface area contributed by atoms with Crippen LogP contribution in [0.5, 0.6) is 0 Å². The Morgan fingerprint density at radius 3 is 2.86 bits per heavy atom. The van der Waals surface area contributed by atoms with Crippen LogP contribution in [-0.2, 0) is 6.54 Å². The van der Waals surface area contributed by atoms with E-state index in [-0.39, 0.29) is 0 Å². The van der Waals surface area contributed by atoms with Crippen molar-refractivity contribution in [1.29, 1.82) is 0 Å². The van der Waals surface area contributed by atoms with Gasteiger partial charge in [-0.1, -0.05) is 32.6 Å². The summed E-state index contributed by atoms with van der Waals surface area (Å²) in [5.41, 5.74) is 1.17. The fourth-order valence-electron chi connectivity index (χ4n) is 1.46. The summed E-state index contributed by atoms with van der Waals surface area (Å²) < 4.78 is 0. The highest BCUT2D eigenvalue weighted by Crippen LogP contribution is 2.01. The lowest BCUT2D eigenvalue weighted by Gasteiger charge is -2.02. The largest absolute Gasteiger partial charge is 0.347 e. The molecule has 0 aromatic carbocycles. The van der Waals surface area contributed by atoms with E-state index in [9.17, 15) is 0 Å². The lowest BCUT2D eigenvalue weighted by atomic mass is 10.1. The van der Waals surface area contributed by atoms with Gasteiger partial charge >= 0.3 is 0 Å². The Morgan fingerprint density at radius 2 is 2.14 bits per heavy atom. The number of nitrogens with zero attached hydrogens (tertiary/aromatic N) is 1. The molecule has 1 rings (SSSR count). The molecule has 0 fully saturated rings.